The second-order valence-electron chi connectivity index (χ2n) is 6.57. The van der Waals surface area contributed by atoms with Gasteiger partial charge in [-0.2, -0.15) is 5.10 Å². The Hall–Kier alpha value is -3.97. The molecule has 0 saturated carbocycles. The standard InChI is InChI=1S/C23H19ClN4O3/c1-15-9-11-18(12-10-15)26-21(29)19-7-2-3-8-20(19)27-22(30)23(31)28-25-14-16-5-4-6-17(24)13-16/h2-14H,1H3,(H,26,29)(H,27,30)(H,28,31). The molecule has 3 rings (SSSR count). The van der Waals surface area contributed by atoms with Crippen LogP contribution in [0, 0.1) is 6.92 Å². The lowest BCUT2D eigenvalue weighted by Crippen LogP contribution is -2.33. The molecule has 3 amide bonds. The van der Waals surface area contributed by atoms with Gasteiger partial charge in [-0.1, -0.05) is 53.6 Å². The van der Waals surface area contributed by atoms with Gasteiger partial charge in [0.05, 0.1) is 17.5 Å². The highest BCUT2D eigenvalue weighted by molar-refractivity contribution is 6.40. The van der Waals surface area contributed by atoms with E-state index < -0.39 is 17.7 Å². The van der Waals surface area contributed by atoms with E-state index in [9.17, 15) is 14.4 Å². The molecule has 7 nitrogen and oxygen atoms in total. The molecule has 0 atom stereocenters. The Balaban J connectivity index is 1.63. The Morgan fingerprint density at radius 1 is 0.871 bits per heavy atom. The fourth-order valence-corrected chi connectivity index (χ4v) is 2.81. The smallest absolute Gasteiger partial charge is 0.322 e. The van der Waals surface area contributed by atoms with Crippen LogP contribution in [0.4, 0.5) is 11.4 Å². The molecule has 0 bridgehead atoms. The maximum absolute atomic E-state index is 12.6. The van der Waals surface area contributed by atoms with Gasteiger partial charge in [-0.05, 0) is 48.9 Å². The molecule has 0 aliphatic carbocycles. The number of carbonyl (C=O) groups excluding carboxylic acids is 3. The normalized spacial score (nSPS) is 10.5. The molecule has 0 heterocycles. The van der Waals surface area contributed by atoms with Crippen molar-refractivity contribution >= 4 is 46.9 Å². The highest BCUT2D eigenvalue weighted by atomic mass is 35.5. The Morgan fingerprint density at radius 2 is 1.61 bits per heavy atom. The van der Waals surface area contributed by atoms with Gasteiger partial charge in [-0.15, -0.1) is 0 Å². The molecule has 31 heavy (non-hydrogen) atoms. The molecule has 0 spiro atoms. The number of nitrogens with one attached hydrogen (secondary N) is 3. The summed E-state index contributed by atoms with van der Waals surface area (Å²) in [6, 6.07) is 20.5. The van der Waals surface area contributed by atoms with Crippen molar-refractivity contribution in [1.29, 1.82) is 0 Å². The molecule has 0 fully saturated rings. The SMILES string of the molecule is Cc1ccc(NC(=O)c2ccccc2NC(=O)C(=O)NN=Cc2cccc(Cl)c2)cc1. The number of aryl methyl sites for hydroxylation is 1. The summed E-state index contributed by atoms with van der Waals surface area (Å²) in [7, 11) is 0. The average Bonchev–Trinajstić information content (AvgIpc) is 2.75. The lowest BCUT2D eigenvalue weighted by molar-refractivity contribution is -0.136. The lowest BCUT2D eigenvalue weighted by atomic mass is 10.1. The van der Waals surface area contributed by atoms with Gasteiger partial charge in [0, 0.05) is 10.7 Å². The summed E-state index contributed by atoms with van der Waals surface area (Å²) in [6.07, 6.45) is 1.36. The topological polar surface area (TPSA) is 99.7 Å². The lowest BCUT2D eigenvalue weighted by Gasteiger charge is -2.11. The van der Waals surface area contributed by atoms with E-state index >= 15 is 0 Å². The molecular weight excluding hydrogens is 416 g/mol. The summed E-state index contributed by atoms with van der Waals surface area (Å²) in [5.74, 6) is -2.36. The van der Waals surface area contributed by atoms with E-state index in [1.54, 1.807) is 54.6 Å². The third-order valence-electron chi connectivity index (χ3n) is 4.16. The number of halogens is 1. The Kier molecular flexibility index (Phi) is 7.13. The molecule has 8 heteroatoms. The van der Waals surface area contributed by atoms with E-state index in [2.05, 4.69) is 21.2 Å². The van der Waals surface area contributed by atoms with Gasteiger partial charge in [0.15, 0.2) is 0 Å². The molecule has 3 N–H and O–H groups in total. The van der Waals surface area contributed by atoms with Crippen LogP contribution in [0.5, 0.6) is 0 Å². The molecule has 0 unspecified atom stereocenters. The number of anilines is 2. The third-order valence-corrected chi connectivity index (χ3v) is 4.40. The van der Waals surface area contributed by atoms with E-state index in [1.807, 2.05) is 19.1 Å². The Bertz CT molecular complexity index is 1140. The fourth-order valence-electron chi connectivity index (χ4n) is 2.61. The molecule has 0 aromatic heterocycles. The maximum Gasteiger partial charge on any atom is 0.329 e. The number of amides is 3. The molecule has 3 aromatic rings. The highest BCUT2D eigenvalue weighted by Crippen LogP contribution is 2.18. The fraction of sp³-hybridized carbons (Fsp3) is 0.0435. The minimum Gasteiger partial charge on any atom is -0.322 e. The molecule has 0 aliphatic heterocycles. The van der Waals surface area contributed by atoms with Crippen LogP contribution in [-0.2, 0) is 9.59 Å². The van der Waals surface area contributed by atoms with Gasteiger partial charge in [0.2, 0.25) is 0 Å². The third kappa shape index (κ3) is 6.25. The number of hydrazone groups is 1. The van der Waals surface area contributed by atoms with Crippen LogP contribution in [0.3, 0.4) is 0 Å². The zero-order chi connectivity index (χ0) is 22.2. The Labute approximate surface area is 184 Å². The van der Waals surface area contributed by atoms with E-state index in [0.717, 1.165) is 5.56 Å². The van der Waals surface area contributed by atoms with Crippen LogP contribution in [0.15, 0.2) is 77.9 Å². The first kappa shape index (κ1) is 21.7. The van der Waals surface area contributed by atoms with Gasteiger partial charge in [0.25, 0.3) is 5.91 Å². The van der Waals surface area contributed by atoms with Crippen molar-refractivity contribution in [2.45, 2.75) is 6.92 Å². The second-order valence-corrected chi connectivity index (χ2v) is 7.01. The summed E-state index contributed by atoms with van der Waals surface area (Å²) in [5.41, 5.74) is 4.89. The van der Waals surface area contributed by atoms with E-state index in [4.69, 9.17) is 11.6 Å². The number of para-hydroxylation sites is 1. The average molecular weight is 435 g/mol. The van der Waals surface area contributed by atoms with Crippen molar-refractivity contribution in [2.75, 3.05) is 10.6 Å². The van der Waals surface area contributed by atoms with Crippen molar-refractivity contribution in [1.82, 2.24) is 5.43 Å². The van der Waals surface area contributed by atoms with Crippen LogP contribution in [0.1, 0.15) is 21.5 Å². The van der Waals surface area contributed by atoms with E-state index in [1.165, 1.54) is 12.3 Å². The number of nitrogens with zero attached hydrogens (tertiary/aromatic N) is 1. The molecule has 0 radical (unpaired) electrons. The van der Waals surface area contributed by atoms with Gasteiger partial charge in [0.1, 0.15) is 0 Å². The number of rotatable bonds is 5. The largest absolute Gasteiger partial charge is 0.329 e. The number of benzene rings is 3. The van der Waals surface area contributed by atoms with Crippen molar-refractivity contribution in [2.24, 2.45) is 5.10 Å². The summed E-state index contributed by atoms with van der Waals surface area (Å²) >= 11 is 5.88. The van der Waals surface area contributed by atoms with Crippen molar-refractivity contribution < 1.29 is 14.4 Å². The minimum absolute atomic E-state index is 0.200. The first-order chi connectivity index (χ1) is 14.9. The molecule has 0 aliphatic rings. The molecule has 156 valence electrons. The van der Waals surface area contributed by atoms with E-state index in [0.29, 0.717) is 16.3 Å². The predicted molar refractivity (Wildman–Crippen MR) is 121 cm³/mol. The molecular formula is C23H19ClN4O3. The first-order valence-corrected chi connectivity index (χ1v) is 9.67. The van der Waals surface area contributed by atoms with Crippen LogP contribution < -0.4 is 16.1 Å². The maximum atomic E-state index is 12.6. The quantitative estimate of drug-likeness (QED) is 0.321. The van der Waals surface area contributed by atoms with Gasteiger partial charge in [-0.3, -0.25) is 14.4 Å². The van der Waals surface area contributed by atoms with Crippen LogP contribution in [-0.4, -0.2) is 23.9 Å². The Morgan fingerprint density at radius 3 is 2.35 bits per heavy atom. The van der Waals surface area contributed by atoms with Crippen LogP contribution >= 0.6 is 11.6 Å². The number of hydrogen-bond acceptors (Lipinski definition) is 4. The van der Waals surface area contributed by atoms with Crippen LogP contribution in [0.25, 0.3) is 0 Å². The monoisotopic (exact) mass is 434 g/mol. The molecule has 3 aromatic carbocycles. The van der Waals surface area contributed by atoms with E-state index in [-0.39, 0.29) is 11.3 Å². The van der Waals surface area contributed by atoms with Crippen LogP contribution in [0.2, 0.25) is 5.02 Å². The van der Waals surface area contributed by atoms with Crippen molar-refractivity contribution in [3.8, 4) is 0 Å². The highest BCUT2D eigenvalue weighted by Gasteiger charge is 2.17. The van der Waals surface area contributed by atoms with Gasteiger partial charge in [-0.25, -0.2) is 5.43 Å². The zero-order valence-corrected chi connectivity index (χ0v) is 17.3. The number of carbonyl (C=O) groups is 3. The first-order valence-electron chi connectivity index (χ1n) is 9.29. The van der Waals surface area contributed by atoms with Gasteiger partial charge >= 0.3 is 11.8 Å². The predicted octanol–water partition coefficient (Wildman–Crippen LogP) is 3.99. The summed E-state index contributed by atoms with van der Waals surface area (Å²) in [5, 5.41) is 9.46. The number of hydrogen-bond donors (Lipinski definition) is 3. The second kappa shape index (κ2) is 10.2. The van der Waals surface area contributed by atoms with Crippen molar-refractivity contribution in [3.63, 3.8) is 0 Å². The summed E-state index contributed by atoms with van der Waals surface area (Å²) < 4.78 is 0. The zero-order valence-electron chi connectivity index (χ0n) is 16.6. The molecule has 0 saturated heterocycles. The van der Waals surface area contributed by atoms with Gasteiger partial charge < -0.3 is 10.6 Å². The summed E-state index contributed by atoms with van der Waals surface area (Å²) in [4.78, 5) is 36.9. The summed E-state index contributed by atoms with van der Waals surface area (Å²) in [6.45, 7) is 1.94. The van der Waals surface area contributed by atoms with Crippen molar-refractivity contribution in [3.05, 3.63) is 94.5 Å². The minimum atomic E-state index is -0.980.